The van der Waals surface area contributed by atoms with Crippen molar-refractivity contribution in [2.75, 3.05) is 5.75 Å². The molecule has 28 heavy (non-hydrogen) atoms. The van der Waals surface area contributed by atoms with Crippen molar-refractivity contribution in [3.63, 3.8) is 0 Å². The summed E-state index contributed by atoms with van der Waals surface area (Å²) < 4.78 is 0. The third-order valence-corrected chi connectivity index (χ3v) is 4.97. The van der Waals surface area contributed by atoms with Gasteiger partial charge in [-0.05, 0) is 47.6 Å². The lowest BCUT2D eigenvalue weighted by molar-refractivity contribution is -0.143. The van der Waals surface area contributed by atoms with Gasteiger partial charge in [-0.2, -0.15) is 12.6 Å². The largest absolute Gasteiger partial charge is 0.480 e. The fourth-order valence-electron chi connectivity index (χ4n) is 3.21. The monoisotopic (exact) mass is 399 g/mol. The SMILES string of the molecule is CC(C)C[C@H](NC(=O)C(CCS)Cc1ccc(-c2ccccc2)cc1)C(=O)O. The second kappa shape index (κ2) is 10.9. The summed E-state index contributed by atoms with van der Waals surface area (Å²) in [5.41, 5.74) is 3.33. The number of thiol groups is 1. The zero-order valence-electron chi connectivity index (χ0n) is 16.5. The average Bonchev–Trinajstić information content (AvgIpc) is 2.68. The van der Waals surface area contributed by atoms with Crippen LogP contribution in [0.25, 0.3) is 11.1 Å². The van der Waals surface area contributed by atoms with Gasteiger partial charge in [-0.3, -0.25) is 4.79 Å². The summed E-state index contributed by atoms with van der Waals surface area (Å²) >= 11 is 4.28. The Hall–Kier alpha value is -2.27. The van der Waals surface area contributed by atoms with Crippen LogP contribution in [0.1, 0.15) is 32.3 Å². The number of rotatable bonds is 10. The lowest BCUT2D eigenvalue weighted by atomic mass is 9.93. The molecule has 2 atom stereocenters. The predicted molar refractivity (Wildman–Crippen MR) is 117 cm³/mol. The van der Waals surface area contributed by atoms with Crippen LogP contribution < -0.4 is 5.32 Å². The highest BCUT2D eigenvalue weighted by atomic mass is 32.1. The summed E-state index contributed by atoms with van der Waals surface area (Å²) in [5, 5.41) is 12.1. The molecule has 2 rings (SSSR count). The normalized spacial score (nSPS) is 13.1. The molecule has 1 amide bonds. The third-order valence-electron chi connectivity index (χ3n) is 4.71. The number of carbonyl (C=O) groups is 2. The fraction of sp³-hybridized carbons (Fsp3) is 0.391. The first-order chi connectivity index (χ1) is 13.4. The van der Waals surface area contributed by atoms with E-state index in [4.69, 9.17) is 0 Å². The molecule has 0 fully saturated rings. The molecule has 0 aromatic heterocycles. The summed E-state index contributed by atoms with van der Waals surface area (Å²) in [6.45, 7) is 3.89. The predicted octanol–water partition coefficient (Wildman–Crippen LogP) is 4.45. The number of aliphatic carboxylic acids is 1. The van der Waals surface area contributed by atoms with Gasteiger partial charge in [-0.1, -0.05) is 68.4 Å². The van der Waals surface area contributed by atoms with E-state index in [-0.39, 0.29) is 17.7 Å². The van der Waals surface area contributed by atoms with Crippen molar-refractivity contribution in [3.8, 4) is 11.1 Å². The first-order valence-electron chi connectivity index (χ1n) is 9.69. The Balaban J connectivity index is 2.07. The second-order valence-corrected chi connectivity index (χ2v) is 7.95. The Morgan fingerprint density at radius 3 is 2.14 bits per heavy atom. The van der Waals surface area contributed by atoms with Crippen molar-refractivity contribution in [3.05, 3.63) is 60.2 Å². The molecule has 5 heteroatoms. The van der Waals surface area contributed by atoms with Gasteiger partial charge in [0.2, 0.25) is 5.91 Å². The molecule has 2 aromatic carbocycles. The second-order valence-electron chi connectivity index (χ2n) is 7.51. The van der Waals surface area contributed by atoms with E-state index in [0.29, 0.717) is 25.0 Å². The van der Waals surface area contributed by atoms with Gasteiger partial charge in [0.15, 0.2) is 0 Å². The molecular weight excluding hydrogens is 370 g/mol. The standard InChI is InChI=1S/C23H29NO3S/c1-16(2)14-21(23(26)27)24-22(25)20(12-13-28)15-17-8-10-19(11-9-17)18-6-4-3-5-7-18/h3-11,16,20-21,28H,12-15H2,1-2H3,(H,24,25)(H,26,27)/t20?,21-/m0/s1. The molecule has 0 aliphatic heterocycles. The van der Waals surface area contributed by atoms with E-state index in [1.54, 1.807) is 0 Å². The first kappa shape index (κ1) is 22.0. The van der Waals surface area contributed by atoms with Gasteiger partial charge < -0.3 is 10.4 Å². The molecular formula is C23H29NO3S. The number of nitrogens with one attached hydrogen (secondary N) is 1. The highest BCUT2D eigenvalue weighted by Crippen LogP contribution is 2.21. The zero-order chi connectivity index (χ0) is 20.5. The summed E-state index contributed by atoms with van der Waals surface area (Å²) in [7, 11) is 0. The van der Waals surface area contributed by atoms with Crippen molar-refractivity contribution in [2.45, 2.75) is 39.2 Å². The van der Waals surface area contributed by atoms with Crippen LogP contribution in [0.2, 0.25) is 0 Å². The first-order valence-corrected chi connectivity index (χ1v) is 10.3. The molecule has 0 saturated heterocycles. The molecule has 0 radical (unpaired) electrons. The number of amides is 1. The zero-order valence-corrected chi connectivity index (χ0v) is 17.4. The Bertz CT molecular complexity index is 759. The van der Waals surface area contributed by atoms with E-state index in [1.807, 2.05) is 44.2 Å². The topological polar surface area (TPSA) is 66.4 Å². The molecule has 4 nitrogen and oxygen atoms in total. The van der Waals surface area contributed by atoms with Gasteiger partial charge in [-0.25, -0.2) is 4.79 Å². The Morgan fingerprint density at radius 2 is 1.61 bits per heavy atom. The van der Waals surface area contributed by atoms with Gasteiger partial charge in [0.05, 0.1) is 0 Å². The van der Waals surface area contributed by atoms with Crippen LogP contribution in [0.3, 0.4) is 0 Å². The fourth-order valence-corrected chi connectivity index (χ4v) is 3.52. The van der Waals surface area contributed by atoms with E-state index >= 15 is 0 Å². The van der Waals surface area contributed by atoms with Crippen LogP contribution in [0.4, 0.5) is 0 Å². The van der Waals surface area contributed by atoms with E-state index in [2.05, 4.69) is 42.2 Å². The van der Waals surface area contributed by atoms with E-state index < -0.39 is 12.0 Å². The lowest BCUT2D eigenvalue weighted by Crippen LogP contribution is -2.44. The maximum Gasteiger partial charge on any atom is 0.326 e. The van der Waals surface area contributed by atoms with Gasteiger partial charge in [0, 0.05) is 5.92 Å². The Kier molecular flexibility index (Phi) is 8.58. The van der Waals surface area contributed by atoms with E-state index in [9.17, 15) is 14.7 Å². The van der Waals surface area contributed by atoms with E-state index in [1.165, 1.54) is 0 Å². The van der Waals surface area contributed by atoms with Crippen LogP contribution in [0.15, 0.2) is 54.6 Å². The molecule has 0 spiro atoms. The minimum Gasteiger partial charge on any atom is -0.480 e. The van der Waals surface area contributed by atoms with Crippen LogP contribution in [0.5, 0.6) is 0 Å². The van der Waals surface area contributed by atoms with Crippen LogP contribution >= 0.6 is 12.6 Å². The van der Waals surface area contributed by atoms with Crippen molar-refractivity contribution >= 4 is 24.5 Å². The van der Waals surface area contributed by atoms with Crippen molar-refractivity contribution in [1.82, 2.24) is 5.32 Å². The minimum absolute atomic E-state index is 0.190. The third kappa shape index (κ3) is 6.71. The molecule has 0 bridgehead atoms. The minimum atomic E-state index is -0.987. The number of hydrogen-bond donors (Lipinski definition) is 3. The summed E-state index contributed by atoms with van der Waals surface area (Å²) in [5.74, 6) is -0.736. The quantitative estimate of drug-likeness (QED) is 0.517. The molecule has 2 aromatic rings. The van der Waals surface area contributed by atoms with Gasteiger partial charge in [-0.15, -0.1) is 0 Å². The average molecular weight is 400 g/mol. The molecule has 0 heterocycles. The van der Waals surface area contributed by atoms with E-state index in [0.717, 1.165) is 16.7 Å². The number of benzene rings is 2. The molecule has 0 aliphatic rings. The van der Waals surface area contributed by atoms with Crippen LogP contribution in [-0.2, 0) is 16.0 Å². The lowest BCUT2D eigenvalue weighted by Gasteiger charge is -2.21. The number of carbonyl (C=O) groups excluding carboxylic acids is 1. The number of carboxylic acid groups (broad SMARTS) is 1. The molecule has 2 N–H and O–H groups in total. The smallest absolute Gasteiger partial charge is 0.326 e. The summed E-state index contributed by atoms with van der Waals surface area (Å²) in [6.07, 6.45) is 1.58. The highest BCUT2D eigenvalue weighted by Gasteiger charge is 2.25. The Labute approximate surface area is 172 Å². The number of hydrogen-bond acceptors (Lipinski definition) is 3. The maximum absolute atomic E-state index is 12.7. The molecule has 1 unspecified atom stereocenters. The molecule has 0 aliphatic carbocycles. The van der Waals surface area contributed by atoms with Gasteiger partial charge in [0.25, 0.3) is 0 Å². The van der Waals surface area contributed by atoms with Crippen molar-refractivity contribution in [2.24, 2.45) is 11.8 Å². The van der Waals surface area contributed by atoms with Crippen molar-refractivity contribution < 1.29 is 14.7 Å². The maximum atomic E-state index is 12.7. The highest BCUT2D eigenvalue weighted by molar-refractivity contribution is 7.80. The summed E-state index contributed by atoms with van der Waals surface area (Å²) in [6, 6.07) is 17.4. The van der Waals surface area contributed by atoms with Gasteiger partial charge >= 0.3 is 5.97 Å². The van der Waals surface area contributed by atoms with Crippen LogP contribution in [0, 0.1) is 11.8 Å². The summed E-state index contributed by atoms with van der Waals surface area (Å²) in [4.78, 5) is 24.2. The van der Waals surface area contributed by atoms with Crippen molar-refractivity contribution in [1.29, 1.82) is 0 Å². The molecule has 0 saturated carbocycles. The molecule has 150 valence electrons. The Morgan fingerprint density at radius 1 is 1.00 bits per heavy atom. The van der Waals surface area contributed by atoms with Crippen LogP contribution in [-0.4, -0.2) is 28.8 Å². The van der Waals surface area contributed by atoms with Gasteiger partial charge in [0.1, 0.15) is 6.04 Å². The number of carboxylic acids is 1.